The topological polar surface area (TPSA) is 47.9 Å². The number of fused-ring (bicyclic) bond motifs is 12. The maximum Gasteiger partial charge on any atom is 0.164 e. The predicted molar refractivity (Wildman–Crippen MR) is 234 cm³/mol. The van der Waals surface area contributed by atoms with Gasteiger partial charge in [0.2, 0.25) is 0 Å². The lowest BCUT2D eigenvalue weighted by molar-refractivity contribution is 0.436. The second kappa shape index (κ2) is 12.7. The van der Waals surface area contributed by atoms with Crippen LogP contribution in [0.3, 0.4) is 0 Å². The zero-order valence-electron chi connectivity index (χ0n) is 31.3. The number of nitrogens with zero attached hydrogens (tertiary/aromatic N) is 3. The van der Waals surface area contributed by atoms with E-state index in [-0.39, 0.29) is 0 Å². The van der Waals surface area contributed by atoms with Crippen LogP contribution in [0.4, 0.5) is 0 Å². The molecule has 1 aliphatic carbocycles. The molecule has 0 unspecified atom stereocenters. The van der Waals surface area contributed by atoms with Crippen LogP contribution in [0.1, 0.15) is 22.3 Å². The van der Waals surface area contributed by atoms with Crippen molar-refractivity contribution in [2.45, 2.75) is 5.41 Å². The molecule has 12 rings (SSSR count). The van der Waals surface area contributed by atoms with Gasteiger partial charge in [0.1, 0.15) is 11.5 Å². The van der Waals surface area contributed by atoms with E-state index in [1.165, 1.54) is 38.4 Å². The molecule has 4 heteroatoms. The highest BCUT2D eigenvalue weighted by Crippen LogP contribution is 2.62. The second-order valence-electron chi connectivity index (χ2n) is 15.1. The van der Waals surface area contributed by atoms with Crippen LogP contribution in [0.15, 0.2) is 200 Å². The Morgan fingerprint density at radius 2 is 0.845 bits per heavy atom. The van der Waals surface area contributed by atoms with E-state index in [2.05, 4.69) is 170 Å². The Morgan fingerprint density at radius 1 is 0.310 bits per heavy atom. The summed E-state index contributed by atoms with van der Waals surface area (Å²) in [5.41, 5.74) is 11.7. The van der Waals surface area contributed by atoms with E-state index in [0.717, 1.165) is 55.8 Å². The van der Waals surface area contributed by atoms with Gasteiger partial charge in [0.05, 0.1) is 5.41 Å². The van der Waals surface area contributed by atoms with Crippen LogP contribution in [0, 0.1) is 0 Å². The molecule has 270 valence electrons. The van der Waals surface area contributed by atoms with Crippen molar-refractivity contribution in [1.82, 2.24) is 15.0 Å². The molecule has 0 fully saturated rings. The van der Waals surface area contributed by atoms with Crippen molar-refractivity contribution in [2.75, 3.05) is 0 Å². The number of benzene rings is 9. The van der Waals surface area contributed by atoms with Crippen LogP contribution >= 0.6 is 0 Å². The first-order valence-corrected chi connectivity index (χ1v) is 19.7. The largest absolute Gasteiger partial charge is 0.457 e. The lowest BCUT2D eigenvalue weighted by atomic mass is 9.66. The summed E-state index contributed by atoms with van der Waals surface area (Å²) in [5.74, 6) is 3.64. The van der Waals surface area contributed by atoms with Crippen molar-refractivity contribution >= 4 is 21.5 Å². The van der Waals surface area contributed by atoms with Gasteiger partial charge in [0.15, 0.2) is 17.5 Å². The van der Waals surface area contributed by atoms with Crippen molar-refractivity contribution in [3.8, 4) is 67.9 Å². The first-order valence-electron chi connectivity index (χ1n) is 19.7. The smallest absolute Gasteiger partial charge is 0.164 e. The van der Waals surface area contributed by atoms with E-state index in [9.17, 15) is 0 Å². The molecule has 0 radical (unpaired) electrons. The summed E-state index contributed by atoms with van der Waals surface area (Å²) in [6.45, 7) is 0. The first-order chi connectivity index (χ1) is 28.7. The molecule has 2 heterocycles. The molecule has 0 bridgehead atoms. The van der Waals surface area contributed by atoms with Crippen LogP contribution in [0.5, 0.6) is 11.5 Å². The number of para-hydroxylation sites is 1. The highest BCUT2D eigenvalue weighted by Gasteiger charge is 2.51. The van der Waals surface area contributed by atoms with Gasteiger partial charge >= 0.3 is 0 Å². The van der Waals surface area contributed by atoms with Crippen LogP contribution in [-0.4, -0.2) is 15.0 Å². The third kappa shape index (κ3) is 4.85. The Morgan fingerprint density at radius 3 is 1.64 bits per heavy atom. The molecule has 0 saturated carbocycles. The Balaban J connectivity index is 1.01. The molecule has 4 nitrogen and oxygen atoms in total. The molecule has 10 aromatic rings. The van der Waals surface area contributed by atoms with Crippen molar-refractivity contribution in [1.29, 1.82) is 0 Å². The fourth-order valence-electron chi connectivity index (χ4n) is 9.38. The molecular weight excluding hydrogens is 707 g/mol. The van der Waals surface area contributed by atoms with E-state index >= 15 is 0 Å². The van der Waals surface area contributed by atoms with Gasteiger partial charge in [-0.2, -0.15) is 0 Å². The third-order valence-corrected chi connectivity index (χ3v) is 12.0. The highest BCUT2D eigenvalue weighted by molar-refractivity contribution is 6.08. The van der Waals surface area contributed by atoms with Crippen LogP contribution in [0.2, 0.25) is 0 Å². The minimum atomic E-state index is -0.537. The number of rotatable bonds is 4. The standard InChI is InChI=1S/C54H33N3O/c1-2-14-35(15-3-1)51-55-52(57-53(56-51)40-27-29-42-38(32-40)26-25-34-13-4-5-18-41(34)42)39-17-12-16-36(31-39)37-28-30-50-48(33-37)54(47-23-10-11-24-49(47)58-50)45-21-8-6-19-43(45)44-20-7-9-22-46(44)54/h1-33H. The Kier molecular flexibility index (Phi) is 7.11. The molecule has 0 N–H and O–H groups in total. The zero-order chi connectivity index (χ0) is 38.2. The average Bonchev–Trinajstić information content (AvgIpc) is 3.59. The van der Waals surface area contributed by atoms with E-state index in [1.807, 2.05) is 30.3 Å². The van der Waals surface area contributed by atoms with Crippen molar-refractivity contribution in [3.63, 3.8) is 0 Å². The van der Waals surface area contributed by atoms with Gasteiger partial charge in [-0.3, -0.25) is 0 Å². The maximum absolute atomic E-state index is 6.71. The van der Waals surface area contributed by atoms with Gasteiger partial charge in [-0.25, -0.2) is 15.0 Å². The maximum atomic E-state index is 6.71. The second-order valence-corrected chi connectivity index (χ2v) is 15.1. The van der Waals surface area contributed by atoms with Crippen molar-refractivity contribution in [2.24, 2.45) is 0 Å². The van der Waals surface area contributed by atoms with E-state index in [1.54, 1.807) is 0 Å². The van der Waals surface area contributed by atoms with Crippen LogP contribution in [0.25, 0.3) is 78.0 Å². The third-order valence-electron chi connectivity index (χ3n) is 12.0. The Labute approximate surface area is 335 Å². The summed E-state index contributed by atoms with van der Waals surface area (Å²) in [6, 6.07) is 70.9. The quantitative estimate of drug-likeness (QED) is 0.169. The predicted octanol–water partition coefficient (Wildman–Crippen LogP) is 13.3. The number of ether oxygens (including phenoxy) is 1. The molecule has 0 amide bonds. The molecule has 1 spiro atoms. The summed E-state index contributed by atoms with van der Waals surface area (Å²) < 4.78 is 6.71. The molecule has 9 aromatic carbocycles. The lowest BCUT2D eigenvalue weighted by Crippen LogP contribution is -2.32. The lowest BCUT2D eigenvalue weighted by Gasteiger charge is -2.39. The molecule has 0 atom stereocenters. The van der Waals surface area contributed by atoms with Gasteiger partial charge in [-0.15, -0.1) is 0 Å². The number of hydrogen-bond donors (Lipinski definition) is 0. The molecule has 2 aliphatic rings. The van der Waals surface area contributed by atoms with Crippen molar-refractivity contribution in [3.05, 3.63) is 222 Å². The summed E-state index contributed by atoms with van der Waals surface area (Å²) in [5, 5.41) is 4.80. The highest BCUT2D eigenvalue weighted by atomic mass is 16.5. The summed E-state index contributed by atoms with van der Waals surface area (Å²) in [4.78, 5) is 15.3. The van der Waals surface area contributed by atoms with E-state index < -0.39 is 5.41 Å². The SMILES string of the molecule is c1ccc(-c2nc(-c3cccc(-c4ccc5c(c4)C4(c6ccccc6O5)c5ccccc5-c5ccccc54)c3)nc(-c3ccc4c(ccc5ccccc54)c3)n2)cc1. The molecular formula is C54H33N3O. The van der Waals surface area contributed by atoms with E-state index in [4.69, 9.17) is 19.7 Å². The summed E-state index contributed by atoms with van der Waals surface area (Å²) >= 11 is 0. The van der Waals surface area contributed by atoms with Gasteiger partial charge < -0.3 is 4.74 Å². The fraction of sp³-hybridized carbons (Fsp3) is 0.0185. The van der Waals surface area contributed by atoms with Gasteiger partial charge in [0.25, 0.3) is 0 Å². The van der Waals surface area contributed by atoms with Gasteiger partial charge in [0, 0.05) is 27.8 Å². The Bertz CT molecular complexity index is 3230. The number of hydrogen-bond acceptors (Lipinski definition) is 4. The summed E-state index contributed by atoms with van der Waals surface area (Å²) in [7, 11) is 0. The minimum absolute atomic E-state index is 0.537. The minimum Gasteiger partial charge on any atom is -0.457 e. The van der Waals surface area contributed by atoms with E-state index in [0.29, 0.717) is 17.5 Å². The van der Waals surface area contributed by atoms with Crippen molar-refractivity contribution < 1.29 is 4.74 Å². The molecule has 58 heavy (non-hydrogen) atoms. The molecule has 1 aromatic heterocycles. The van der Waals surface area contributed by atoms with Gasteiger partial charge in [-0.05, 0) is 85.3 Å². The molecule has 0 saturated heterocycles. The normalized spacial score (nSPS) is 13.1. The van der Waals surface area contributed by atoms with Crippen LogP contribution < -0.4 is 4.74 Å². The zero-order valence-corrected chi connectivity index (χ0v) is 31.3. The Hall–Kier alpha value is -7.69. The van der Waals surface area contributed by atoms with Gasteiger partial charge in [-0.1, -0.05) is 170 Å². The fourth-order valence-corrected chi connectivity index (χ4v) is 9.38. The van der Waals surface area contributed by atoms with Crippen LogP contribution in [-0.2, 0) is 5.41 Å². The molecule has 1 aliphatic heterocycles. The summed E-state index contributed by atoms with van der Waals surface area (Å²) in [6.07, 6.45) is 0. The number of aromatic nitrogens is 3. The monoisotopic (exact) mass is 739 g/mol. The first kappa shape index (κ1) is 32.5. The average molecular weight is 740 g/mol.